The molecule has 0 atom stereocenters. The Balaban J connectivity index is 1.77. The highest BCUT2D eigenvalue weighted by Gasteiger charge is 2.07. The van der Waals surface area contributed by atoms with E-state index in [0.29, 0.717) is 11.3 Å². The molecule has 0 unspecified atom stereocenters. The molecule has 0 saturated carbocycles. The summed E-state index contributed by atoms with van der Waals surface area (Å²) in [6, 6.07) is 12.7. The lowest BCUT2D eigenvalue weighted by Gasteiger charge is -2.07. The number of nitrogens with one attached hydrogen (secondary N) is 2. The van der Waals surface area contributed by atoms with E-state index in [1.165, 1.54) is 24.3 Å². The van der Waals surface area contributed by atoms with Gasteiger partial charge in [0.15, 0.2) is 0 Å². The Bertz CT molecular complexity index is 669. The van der Waals surface area contributed by atoms with E-state index in [0.717, 1.165) is 5.56 Å². The number of hydrogen-bond acceptors (Lipinski definition) is 2. The molecule has 4 nitrogen and oxygen atoms in total. The number of benzene rings is 2. The SMILES string of the molecule is Cc1cccc(C(=O)NCCC(=O)Nc2ccc(F)cc2)c1. The predicted molar refractivity (Wildman–Crippen MR) is 83.2 cm³/mol. The number of rotatable bonds is 5. The van der Waals surface area contributed by atoms with Crippen LogP contribution in [0.5, 0.6) is 0 Å². The molecule has 0 bridgehead atoms. The molecule has 5 heteroatoms. The summed E-state index contributed by atoms with van der Waals surface area (Å²) in [6.07, 6.45) is 0.148. The minimum Gasteiger partial charge on any atom is -0.352 e. The summed E-state index contributed by atoms with van der Waals surface area (Å²) in [7, 11) is 0. The molecular formula is C17H17FN2O2. The van der Waals surface area contributed by atoms with Gasteiger partial charge in [-0.3, -0.25) is 9.59 Å². The van der Waals surface area contributed by atoms with Gasteiger partial charge in [-0.1, -0.05) is 17.7 Å². The van der Waals surface area contributed by atoms with Crippen LogP contribution in [0.25, 0.3) is 0 Å². The van der Waals surface area contributed by atoms with Crippen LogP contribution < -0.4 is 10.6 Å². The van der Waals surface area contributed by atoms with Gasteiger partial charge in [-0.2, -0.15) is 0 Å². The largest absolute Gasteiger partial charge is 0.352 e. The molecule has 0 aliphatic carbocycles. The van der Waals surface area contributed by atoms with Crippen molar-refractivity contribution >= 4 is 17.5 Å². The van der Waals surface area contributed by atoms with Gasteiger partial charge < -0.3 is 10.6 Å². The molecule has 0 saturated heterocycles. The van der Waals surface area contributed by atoms with Crippen LogP contribution >= 0.6 is 0 Å². The van der Waals surface area contributed by atoms with Gasteiger partial charge in [0, 0.05) is 24.2 Å². The quantitative estimate of drug-likeness (QED) is 0.892. The van der Waals surface area contributed by atoms with Crippen LogP contribution in [0.4, 0.5) is 10.1 Å². The molecule has 22 heavy (non-hydrogen) atoms. The molecule has 0 radical (unpaired) electrons. The van der Waals surface area contributed by atoms with Crippen LogP contribution in [0.2, 0.25) is 0 Å². The van der Waals surface area contributed by atoms with Crippen molar-refractivity contribution in [1.29, 1.82) is 0 Å². The fourth-order valence-corrected chi connectivity index (χ4v) is 1.93. The number of carbonyl (C=O) groups excluding carboxylic acids is 2. The molecule has 2 aromatic carbocycles. The lowest BCUT2D eigenvalue weighted by molar-refractivity contribution is -0.116. The van der Waals surface area contributed by atoms with E-state index in [9.17, 15) is 14.0 Å². The van der Waals surface area contributed by atoms with E-state index in [1.807, 2.05) is 19.1 Å². The van der Waals surface area contributed by atoms with Crippen molar-refractivity contribution in [2.45, 2.75) is 13.3 Å². The van der Waals surface area contributed by atoms with E-state index in [-0.39, 0.29) is 30.6 Å². The van der Waals surface area contributed by atoms with Crippen LogP contribution in [0.15, 0.2) is 48.5 Å². The fraction of sp³-hybridized carbons (Fsp3) is 0.176. The van der Waals surface area contributed by atoms with Crippen LogP contribution in [0, 0.1) is 12.7 Å². The number of halogens is 1. The first-order valence-electron chi connectivity index (χ1n) is 6.95. The summed E-state index contributed by atoms with van der Waals surface area (Å²) in [5.41, 5.74) is 2.09. The topological polar surface area (TPSA) is 58.2 Å². The minimum atomic E-state index is -0.358. The second-order valence-electron chi connectivity index (χ2n) is 4.93. The molecule has 0 heterocycles. The monoisotopic (exact) mass is 300 g/mol. The van der Waals surface area contributed by atoms with Gasteiger partial charge in [0.25, 0.3) is 5.91 Å². The Morgan fingerprint density at radius 2 is 1.82 bits per heavy atom. The summed E-state index contributed by atoms with van der Waals surface area (Å²) < 4.78 is 12.7. The van der Waals surface area contributed by atoms with Gasteiger partial charge in [-0.25, -0.2) is 4.39 Å². The van der Waals surface area contributed by atoms with E-state index in [4.69, 9.17) is 0 Å². The van der Waals surface area contributed by atoms with Gasteiger partial charge >= 0.3 is 0 Å². The highest BCUT2D eigenvalue weighted by atomic mass is 19.1. The molecule has 0 fully saturated rings. The summed E-state index contributed by atoms with van der Waals surface area (Å²) >= 11 is 0. The molecule has 2 N–H and O–H groups in total. The summed E-state index contributed by atoms with van der Waals surface area (Å²) in [5, 5.41) is 5.33. The average Bonchev–Trinajstić information content (AvgIpc) is 2.49. The van der Waals surface area contributed by atoms with Crippen LogP contribution in [0.3, 0.4) is 0 Å². The van der Waals surface area contributed by atoms with Crippen molar-refractivity contribution in [1.82, 2.24) is 5.32 Å². The van der Waals surface area contributed by atoms with Crippen molar-refractivity contribution in [2.24, 2.45) is 0 Å². The smallest absolute Gasteiger partial charge is 0.251 e. The third kappa shape index (κ3) is 4.70. The maximum atomic E-state index is 12.7. The molecule has 2 rings (SSSR count). The third-order valence-corrected chi connectivity index (χ3v) is 3.05. The first-order chi connectivity index (χ1) is 10.5. The van der Waals surface area contributed by atoms with Gasteiger partial charge in [0.2, 0.25) is 5.91 Å². The summed E-state index contributed by atoms with van der Waals surface area (Å²) in [5.74, 6) is -0.808. The Labute approximate surface area is 128 Å². The fourth-order valence-electron chi connectivity index (χ4n) is 1.93. The first-order valence-corrected chi connectivity index (χ1v) is 6.95. The summed E-state index contributed by atoms with van der Waals surface area (Å²) in [6.45, 7) is 2.15. The van der Waals surface area contributed by atoms with Gasteiger partial charge in [0.05, 0.1) is 0 Å². The highest BCUT2D eigenvalue weighted by Crippen LogP contribution is 2.08. The van der Waals surface area contributed by atoms with Crippen molar-refractivity contribution in [2.75, 3.05) is 11.9 Å². The number of amides is 2. The molecule has 2 aromatic rings. The minimum absolute atomic E-state index is 0.148. The number of carbonyl (C=O) groups is 2. The maximum Gasteiger partial charge on any atom is 0.251 e. The zero-order valence-corrected chi connectivity index (χ0v) is 12.2. The second kappa shape index (κ2) is 7.36. The Morgan fingerprint density at radius 3 is 2.50 bits per heavy atom. The highest BCUT2D eigenvalue weighted by molar-refractivity contribution is 5.95. The molecule has 0 aromatic heterocycles. The van der Waals surface area contributed by atoms with E-state index < -0.39 is 0 Å². The lowest BCUT2D eigenvalue weighted by atomic mass is 10.1. The van der Waals surface area contributed by atoms with Crippen molar-refractivity contribution < 1.29 is 14.0 Å². The van der Waals surface area contributed by atoms with Crippen molar-refractivity contribution in [3.8, 4) is 0 Å². The predicted octanol–water partition coefficient (Wildman–Crippen LogP) is 2.89. The Kier molecular flexibility index (Phi) is 5.25. The summed E-state index contributed by atoms with van der Waals surface area (Å²) in [4.78, 5) is 23.6. The normalized spacial score (nSPS) is 10.1. The van der Waals surface area contributed by atoms with Crippen molar-refractivity contribution in [3.63, 3.8) is 0 Å². The van der Waals surface area contributed by atoms with Gasteiger partial charge in [-0.05, 0) is 43.3 Å². The second-order valence-corrected chi connectivity index (χ2v) is 4.93. The molecule has 2 amide bonds. The molecular weight excluding hydrogens is 283 g/mol. The zero-order valence-electron chi connectivity index (χ0n) is 12.2. The Hall–Kier alpha value is -2.69. The first kappa shape index (κ1) is 15.7. The standard InChI is InChI=1S/C17H17FN2O2/c1-12-3-2-4-13(11-12)17(22)19-10-9-16(21)20-15-7-5-14(18)6-8-15/h2-8,11H,9-10H2,1H3,(H,19,22)(H,20,21). The Morgan fingerprint density at radius 1 is 1.09 bits per heavy atom. The lowest BCUT2D eigenvalue weighted by Crippen LogP contribution is -2.27. The van der Waals surface area contributed by atoms with Crippen LogP contribution in [0.1, 0.15) is 22.3 Å². The van der Waals surface area contributed by atoms with Crippen LogP contribution in [-0.2, 0) is 4.79 Å². The third-order valence-electron chi connectivity index (χ3n) is 3.05. The van der Waals surface area contributed by atoms with Crippen LogP contribution in [-0.4, -0.2) is 18.4 Å². The average molecular weight is 300 g/mol. The van der Waals surface area contributed by atoms with Gasteiger partial charge in [-0.15, -0.1) is 0 Å². The van der Waals surface area contributed by atoms with Gasteiger partial charge in [0.1, 0.15) is 5.82 Å². The molecule has 0 aliphatic rings. The number of anilines is 1. The molecule has 0 aliphatic heterocycles. The number of aryl methyl sites for hydroxylation is 1. The molecule has 0 spiro atoms. The van der Waals surface area contributed by atoms with E-state index in [2.05, 4.69) is 10.6 Å². The zero-order chi connectivity index (χ0) is 15.9. The van der Waals surface area contributed by atoms with Crippen molar-refractivity contribution in [3.05, 3.63) is 65.5 Å². The maximum absolute atomic E-state index is 12.7. The van der Waals surface area contributed by atoms with E-state index >= 15 is 0 Å². The molecule has 114 valence electrons. The van der Waals surface area contributed by atoms with E-state index in [1.54, 1.807) is 12.1 Å². The number of hydrogen-bond donors (Lipinski definition) is 2.